The monoisotopic (exact) mass is 480 g/mol. The predicted octanol–water partition coefficient (Wildman–Crippen LogP) is 7.62. The Morgan fingerprint density at radius 3 is 1.41 bits per heavy atom. The number of allylic oxidation sites excluding steroid dienone is 2. The Kier molecular flexibility index (Phi) is 5.41. The lowest BCUT2D eigenvalue weighted by Crippen LogP contribution is -2.24. The summed E-state index contributed by atoms with van der Waals surface area (Å²) < 4.78 is 89.3. The van der Waals surface area contributed by atoms with Crippen molar-refractivity contribution in [1.82, 2.24) is 10.3 Å². The van der Waals surface area contributed by atoms with Gasteiger partial charge in [0.1, 0.15) is 23.9 Å². The largest absolute Gasteiger partial charge is 0.395 e. The van der Waals surface area contributed by atoms with Gasteiger partial charge in [-0.1, -0.05) is 34.6 Å². The molecule has 2 aliphatic rings. The molecule has 0 saturated heterocycles. The van der Waals surface area contributed by atoms with Gasteiger partial charge >= 0.3 is 12.4 Å². The van der Waals surface area contributed by atoms with Crippen molar-refractivity contribution in [2.24, 2.45) is 0 Å². The number of hydrogen-bond donors (Lipinski definition) is 0. The Morgan fingerprint density at radius 2 is 1.06 bits per heavy atom. The summed E-state index contributed by atoms with van der Waals surface area (Å²) in [6, 6.07) is 7.17. The molecule has 0 spiro atoms. The van der Waals surface area contributed by atoms with Crippen molar-refractivity contribution < 1.29 is 35.4 Å². The topological polar surface area (TPSA) is 52.1 Å². The number of benzene rings is 1. The molecule has 0 radical (unpaired) electrons. The molecule has 2 atom stereocenters. The first-order valence-electron chi connectivity index (χ1n) is 10.6. The van der Waals surface area contributed by atoms with Crippen molar-refractivity contribution in [3.8, 4) is 0 Å². The van der Waals surface area contributed by atoms with Crippen LogP contribution >= 0.6 is 0 Å². The Morgan fingerprint density at radius 1 is 0.676 bits per heavy atom. The molecule has 0 N–H and O–H groups in total. The molecule has 3 aromatic rings. The molecule has 0 bridgehead atoms. The summed E-state index contributed by atoms with van der Waals surface area (Å²) in [5.41, 5.74) is 3.38. The fraction of sp³-hybridized carbons (Fsp3) is 0.333. The van der Waals surface area contributed by atoms with E-state index in [0.29, 0.717) is 11.1 Å². The van der Waals surface area contributed by atoms with Gasteiger partial charge in [0.2, 0.25) is 0 Å². The number of hydrogen-bond acceptors (Lipinski definition) is 4. The molecule has 5 rings (SSSR count). The van der Waals surface area contributed by atoms with Crippen LogP contribution in [-0.4, -0.2) is 22.7 Å². The average Bonchev–Trinajstić information content (AvgIpc) is 3.44. The lowest BCUT2D eigenvalue weighted by atomic mass is 9.83. The van der Waals surface area contributed by atoms with E-state index in [0.717, 1.165) is 23.7 Å². The lowest BCUT2D eigenvalue weighted by molar-refractivity contribution is -0.153. The van der Waals surface area contributed by atoms with Gasteiger partial charge in [-0.3, -0.25) is 0 Å². The van der Waals surface area contributed by atoms with Gasteiger partial charge in [0.05, 0.1) is 11.8 Å². The Hall–Kier alpha value is -3.30. The fourth-order valence-electron chi connectivity index (χ4n) is 4.67. The highest BCUT2D eigenvalue weighted by Crippen LogP contribution is 2.48. The second-order valence-electron chi connectivity index (χ2n) is 8.51. The van der Waals surface area contributed by atoms with Crippen molar-refractivity contribution in [1.29, 1.82) is 0 Å². The van der Waals surface area contributed by atoms with Crippen molar-refractivity contribution in [2.75, 3.05) is 0 Å². The molecular weight excluding hydrogens is 462 g/mol. The van der Waals surface area contributed by atoms with E-state index >= 15 is 0 Å². The van der Waals surface area contributed by atoms with Crippen molar-refractivity contribution >= 4 is 23.3 Å². The number of fused-ring (bicyclic) bond motifs is 2. The normalized spacial score (nSPS) is 23.2. The van der Waals surface area contributed by atoms with Crippen LogP contribution in [0.1, 0.15) is 71.2 Å². The van der Waals surface area contributed by atoms with E-state index in [1.54, 1.807) is 36.4 Å². The van der Waals surface area contributed by atoms with Crippen LogP contribution in [0.5, 0.6) is 0 Å². The SMILES string of the molecule is FC(F)(F)C1CC/C(=C\c2ccc(/C=C3\CCC(C(F)(F)F)c4conc43)cc2)c2nocc21. The quantitative estimate of drug-likeness (QED) is 0.354. The maximum Gasteiger partial charge on any atom is 0.395 e. The summed E-state index contributed by atoms with van der Waals surface area (Å²) in [6.07, 6.45) is -2.78. The highest BCUT2D eigenvalue weighted by Gasteiger charge is 2.46. The summed E-state index contributed by atoms with van der Waals surface area (Å²) in [4.78, 5) is 0. The number of alkyl halides is 6. The van der Waals surface area contributed by atoms with Crippen LogP contribution < -0.4 is 0 Å². The number of rotatable bonds is 2. The van der Waals surface area contributed by atoms with Crippen LogP contribution in [0.15, 0.2) is 45.8 Å². The van der Waals surface area contributed by atoms with Crippen LogP contribution in [0.25, 0.3) is 23.3 Å². The van der Waals surface area contributed by atoms with Gasteiger partial charge in [-0.15, -0.1) is 0 Å². The first-order valence-corrected chi connectivity index (χ1v) is 10.6. The second kappa shape index (κ2) is 8.18. The Balaban J connectivity index is 1.38. The number of halogens is 6. The zero-order valence-electron chi connectivity index (χ0n) is 17.6. The van der Waals surface area contributed by atoms with Gasteiger partial charge in [0.25, 0.3) is 0 Å². The van der Waals surface area contributed by atoms with Gasteiger partial charge < -0.3 is 9.05 Å². The maximum absolute atomic E-state index is 13.3. The van der Waals surface area contributed by atoms with Gasteiger partial charge in [-0.2, -0.15) is 26.3 Å². The average molecular weight is 480 g/mol. The molecule has 10 heteroatoms. The van der Waals surface area contributed by atoms with Gasteiger partial charge in [-0.25, -0.2) is 0 Å². The maximum atomic E-state index is 13.3. The van der Waals surface area contributed by atoms with Gasteiger partial charge in [0, 0.05) is 11.1 Å². The lowest BCUT2D eigenvalue weighted by Gasteiger charge is -2.25. The van der Waals surface area contributed by atoms with E-state index in [9.17, 15) is 26.3 Å². The van der Waals surface area contributed by atoms with Crippen LogP contribution in [0.4, 0.5) is 26.3 Å². The molecule has 4 nitrogen and oxygen atoms in total. The van der Waals surface area contributed by atoms with E-state index in [1.807, 2.05) is 0 Å². The molecule has 34 heavy (non-hydrogen) atoms. The zero-order chi connectivity index (χ0) is 24.1. The van der Waals surface area contributed by atoms with Crippen LogP contribution in [0.3, 0.4) is 0 Å². The molecule has 0 aliphatic heterocycles. The highest BCUT2D eigenvalue weighted by atomic mass is 19.4. The van der Waals surface area contributed by atoms with Crippen LogP contribution in [0, 0.1) is 0 Å². The highest BCUT2D eigenvalue weighted by molar-refractivity contribution is 5.84. The third-order valence-electron chi connectivity index (χ3n) is 6.37. The van der Waals surface area contributed by atoms with E-state index in [-0.39, 0.29) is 48.2 Å². The number of aromatic nitrogens is 2. The third-order valence-corrected chi connectivity index (χ3v) is 6.37. The minimum Gasteiger partial charge on any atom is -0.364 e. The minimum absolute atomic E-state index is 0.0456. The van der Waals surface area contributed by atoms with E-state index in [2.05, 4.69) is 10.3 Å². The molecule has 0 amide bonds. The molecule has 0 fully saturated rings. The number of nitrogens with zero attached hydrogens (tertiary/aromatic N) is 2. The molecule has 0 saturated carbocycles. The standard InChI is InChI=1S/C24H18F6N2O2/c25-23(26,27)19-7-5-15(21-17(19)11-33-31-21)9-13-1-2-14(4-3-13)10-16-6-8-20(24(28,29)30)18-12-34-32-22(16)18/h1-4,9-12,19-20H,5-8H2/b15-9+,16-10+. The Bertz CT molecular complexity index is 1150. The molecule has 2 aromatic heterocycles. The van der Waals surface area contributed by atoms with Crippen molar-refractivity contribution in [3.05, 3.63) is 70.4 Å². The third kappa shape index (κ3) is 4.17. The van der Waals surface area contributed by atoms with Gasteiger partial charge in [-0.05, 0) is 60.1 Å². The summed E-state index contributed by atoms with van der Waals surface area (Å²) in [5.74, 6) is -3.18. The van der Waals surface area contributed by atoms with Crippen molar-refractivity contribution in [3.63, 3.8) is 0 Å². The minimum atomic E-state index is -4.36. The van der Waals surface area contributed by atoms with Crippen LogP contribution in [0.2, 0.25) is 0 Å². The van der Waals surface area contributed by atoms with Crippen molar-refractivity contribution in [2.45, 2.75) is 49.9 Å². The molecule has 2 heterocycles. The summed E-state index contributed by atoms with van der Waals surface area (Å²) in [5, 5.41) is 7.57. The fourth-order valence-corrected chi connectivity index (χ4v) is 4.67. The van der Waals surface area contributed by atoms with Gasteiger partial charge in [0.15, 0.2) is 0 Å². The molecule has 2 aliphatic carbocycles. The van der Waals surface area contributed by atoms with Crippen LogP contribution in [-0.2, 0) is 0 Å². The second-order valence-corrected chi connectivity index (χ2v) is 8.51. The first-order chi connectivity index (χ1) is 16.1. The molecular formula is C24H18F6N2O2. The summed E-state index contributed by atoms with van der Waals surface area (Å²) in [6.45, 7) is 0. The molecule has 2 unspecified atom stereocenters. The van der Waals surface area contributed by atoms with E-state index < -0.39 is 24.2 Å². The predicted molar refractivity (Wildman–Crippen MR) is 111 cm³/mol. The first kappa shape index (κ1) is 22.5. The summed E-state index contributed by atoms with van der Waals surface area (Å²) in [7, 11) is 0. The zero-order valence-corrected chi connectivity index (χ0v) is 17.6. The van der Waals surface area contributed by atoms with E-state index in [1.165, 1.54) is 0 Å². The molecule has 178 valence electrons. The Labute approximate surface area is 189 Å². The summed E-state index contributed by atoms with van der Waals surface area (Å²) >= 11 is 0. The van der Waals surface area contributed by atoms with E-state index in [4.69, 9.17) is 9.05 Å². The molecule has 1 aromatic carbocycles. The smallest absolute Gasteiger partial charge is 0.364 e.